The number of aromatic nitrogens is 5. The predicted molar refractivity (Wildman–Crippen MR) is 70.7 cm³/mol. The van der Waals surface area contributed by atoms with Crippen LogP contribution in [0.1, 0.15) is 0 Å². The summed E-state index contributed by atoms with van der Waals surface area (Å²) in [6.07, 6.45) is 7.00. The molecule has 4 aromatic rings. The molecule has 0 aliphatic carbocycles. The van der Waals surface area contributed by atoms with Crippen molar-refractivity contribution in [2.45, 2.75) is 0 Å². The van der Waals surface area contributed by atoms with Crippen LogP contribution in [-0.4, -0.2) is 20.1 Å². The predicted octanol–water partition coefficient (Wildman–Crippen LogP) is 1.78. The fraction of sp³-hybridized carbons (Fsp3) is 0. The van der Waals surface area contributed by atoms with E-state index in [1.807, 2.05) is 28.9 Å². The third kappa shape index (κ3) is 1.48. The van der Waals surface area contributed by atoms with E-state index in [4.69, 9.17) is 0 Å². The Labute approximate surface area is 108 Å². The van der Waals surface area contributed by atoms with E-state index in [0.29, 0.717) is 0 Å². The molecule has 0 spiro atoms. The first-order chi connectivity index (χ1) is 9.43. The van der Waals surface area contributed by atoms with Gasteiger partial charge in [-0.3, -0.25) is 4.98 Å². The molecule has 3 heterocycles. The van der Waals surface area contributed by atoms with Gasteiger partial charge in [0.05, 0.1) is 29.6 Å². The minimum Gasteiger partial charge on any atom is -0.343 e. The molecule has 19 heavy (non-hydrogen) atoms. The minimum atomic E-state index is 0.865. The molecule has 1 N–H and O–H groups in total. The van der Waals surface area contributed by atoms with E-state index < -0.39 is 0 Å². The Kier molecular flexibility index (Phi) is 2.05. The van der Waals surface area contributed by atoms with Crippen LogP contribution in [0.3, 0.4) is 0 Å². The maximum Gasteiger partial charge on any atom is 0.284 e. The van der Waals surface area contributed by atoms with Crippen LogP contribution in [0.2, 0.25) is 0 Å². The highest BCUT2D eigenvalue weighted by molar-refractivity contribution is 5.81. The third-order valence-corrected chi connectivity index (χ3v) is 3.14. The van der Waals surface area contributed by atoms with Crippen LogP contribution in [0.25, 0.3) is 27.6 Å². The van der Waals surface area contributed by atoms with E-state index in [1.165, 1.54) is 0 Å². The lowest BCUT2D eigenvalue weighted by molar-refractivity contribution is -0.632. The van der Waals surface area contributed by atoms with Crippen LogP contribution in [0.5, 0.6) is 0 Å². The van der Waals surface area contributed by atoms with Gasteiger partial charge in [0.15, 0.2) is 5.52 Å². The van der Waals surface area contributed by atoms with E-state index in [2.05, 4.69) is 26.1 Å². The van der Waals surface area contributed by atoms with Crippen LogP contribution in [-0.2, 0) is 0 Å². The van der Waals surface area contributed by atoms with Gasteiger partial charge in [0, 0.05) is 6.07 Å². The van der Waals surface area contributed by atoms with Crippen molar-refractivity contribution in [1.29, 1.82) is 0 Å². The lowest BCUT2D eigenvalue weighted by Crippen LogP contribution is -2.36. The van der Waals surface area contributed by atoms with Crippen molar-refractivity contribution in [3.8, 4) is 5.69 Å². The van der Waals surface area contributed by atoms with Crippen LogP contribution in [0.4, 0.5) is 0 Å². The van der Waals surface area contributed by atoms with Gasteiger partial charge in [-0.2, -0.15) is 0 Å². The molecule has 0 aliphatic rings. The molecule has 0 bridgehead atoms. The monoisotopic (exact) mass is 248 g/mol. The van der Waals surface area contributed by atoms with E-state index in [1.54, 1.807) is 24.9 Å². The van der Waals surface area contributed by atoms with Crippen LogP contribution in [0.15, 0.2) is 55.2 Å². The zero-order valence-electron chi connectivity index (χ0n) is 9.99. The summed E-state index contributed by atoms with van der Waals surface area (Å²) in [6.45, 7) is 0. The number of hydrogen-bond acceptors (Lipinski definition) is 3. The standard InChI is InChI=1S/C14H10N5/c1-2-4-12-10(3-1)5-6-18-19(12)13-8-15-7-11-14(13)17-9-16-11/h1-9H,(H,16,17)/q+1. The largest absolute Gasteiger partial charge is 0.343 e. The number of nitrogens with one attached hydrogen (secondary N) is 1. The molecular weight excluding hydrogens is 238 g/mol. The zero-order chi connectivity index (χ0) is 12.7. The summed E-state index contributed by atoms with van der Waals surface area (Å²) in [5.41, 5.74) is 3.67. The van der Waals surface area contributed by atoms with Crippen molar-refractivity contribution in [1.82, 2.24) is 20.1 Å². The molecule has 0 radical (unpaired) electrons. The van der Waals surface area contributed by atoms with Crippen molar-refractivity contribution in [2.75, 3.05) is 0 Å². The normalized spacial score (nSPS) is 11.2. The second kappa shape index (κ2) is 3.84. The molecule has 0 saturated carbocycles. The van der Waals surface area contributed by atoms with Gasteiger partial charge in [0.1, 0.15) is 6.20 Å². The fourth-order valence-corrected chi connectivity index (χ4v) is 2.26. The molecule has 0 unspecified atom stereocenters. The maximum atomic E-state index is 4.43. The van der Waals surface area contributed by atoms with Crippen molar-refractivity contribution in [3.63, 3.8) is 0 Å². The second-order valence-electron chi connectivity index (χ2n) is 4.26. The molecule has 0 saturated heterocycles. The first-order valence-electron chi connectivity index (χ1n) is 5.97. The second-order valence-corrected chi connectivity index (χ2v) is 4.26. The Morgan fingerprint density at radius 1 is 1.05 bits per heavy atom. The minimum absolute atomic E-state index is 0.865. The van der Waals surface area contributed by atoms with Gasteiger partial charge < -0.3 is 4.98 Å². The summed E-state index contributed by atoms with van der Waals surface area (Å²) in [5, 5.41) is 5.56. The SMILES string of the molecule is c1ccc2c(c1)ccn[n+]2-c1cncc2[nH]cnc12. The highest BCUT2D eigenvalue weighted by Gasteiger charge is 2.18. The molecule has 4 rings (SSSR count). The number of pyridine rings is 1. The van der Waals surface area contributed by atoms with Gasteiger partial charge in [-0.05, 0) is 21.9 Å². The number of para-hydroxylation sites is 1. The number of H-pyrrole nitrogens is 1. The molecule has 5 nitrogen and oxygen atoms in total. The average molecular weight is 248 g/mol. The molecule has 0 aliphatic heterocycles. The molecule has 0 amide bonds. The van der Waals surface area contributed by atoms with Gasteiger partial charge in [0.2, 0.25) is 5.52 Å². The van der Waals surface area contributed by atoms with Crippen LogP contribution >= 0.6 is 0 Å². The molecule has 1 aromatic carbocycles. The number of nitrogens with zero attached hydrogens (tertiary/aromatic N) is 4. The summed E-state index contributed by atoms with van der Waals surface area (Å²) < 4.78 is 1.87. The molecule has 0 atom stereocenters. The number of hydrogen-bond donors (Lipinski definition) is 1. The van der Waals surface area contributed by atoms with E-state index in [9.17, 15) is 0 Å². The van der Waals surface area contributed by atoms with Gasteiger partial charge in [-0.15, -0.1) is 0 Å². The highest BCUT2D eigenvalue weighted by Crippen LogP contribution is 2.15. The van der Waals surface area contributed by atoms with Gasteiger partial charge in [0.25, 0.3) is 5.69 Å². The Morgan fingerprint density at radius 3 is 3.00 bits per heavy atom. The Hall–Kier alpha value is -2.82. The van der Waals surface area contributed by atoms with E-state index >= 15 is 0 Å². The van der Waals surface area contributed by atoms with Crippen molar-refractivity contribution in [3.05, 3.63) is 55.2 Å². The van der Waals surface area contributed by atoms with Gasteiger partial charge >= 0.3 is 0 Å². The fourth-order valence-electron chi connectivity index (χ4n) is 2.26. The molecular formula is C14H10N5+. The van der Waals surface area contributed by atoms with Gasteiger partial charge in [-0.1, -0.05) is 12.1 Å². The molecule has 3 aromatic heterocycles. The lowest BCUT2D eigenvalue weighted by Gasteiger charge is -1.98. The number of benzene rings is 1. The molecule has 5 heteroatoms. The third-order valence-electron chi connectivity index (χ3n) is 3.14. The van der Waals surface area contributed by atoms with Crippen LogP contribution < -0.4 is 4.68 Å². The highest BCUT2D eigenvalue weighted by atomic mass is 15.3. The Bertz CT molecular complexity index is 876. The number of aromatic amines is 1. The quantitative estimate of drug-likeness (QED) is 0.522. The average Bonchev–Trinajstić information content (AvgIpc) is 2.95. The Balaban J connectivity index is 2.12. The number of fused-ring (bicyclic) bond motifs is 2. The summed E-state index contributed by atoms with van der Waals surface area (Å²) in [7, 11) is 0. The first kappa shape index (κ1) is 10.1. The Morgan fingerprint density at radius 2 is 2.00 bits per heavy atom. The van der Waals surface area contributed by atoms with Crippen molar-refractivity contribution in [2.24, 2.45) is 0 Å². The maximum absolute atomic E-state index is 4.43. The summed E-state index contributed by atoms with van der Waals surface area (Å²) in [5.74, 6) is 0. The first-order valence-corrected chi connectivity index (χ1v) is 5.97. The zero-order valence-corrected chi connectivity index (χ0v) is 9.99. The molecule has 90 valence electrons. The summed E-state index contributed by atoms with van der Waals surface area (Å²) >= 11 is 0. The lowest BCUT2D eigenvalue weighted by atomic mass is 10.2. The number of rotatable bonds is 1. The van der Waals surface area contributed by atoms with E-state index in [-0.39, 0.29) is 0 Å². The van der Waals surface area contributed by atoms with Gasteiger partial charge in [-0.25, -0.2) is 4.98 Å². The van der Waals surface area contributed by atoms with Crippen molar-refractivity contribution >= 4 is 21.9 Å². The number of imidazole rings is 1. The smallest absolute Gasteiger partial charge is 0.284 e. The van der Waals surface area contributed by atoms with Crippen LogP contribution in [0, 0.1) is 0 Å². The van der Waals surface area contributed by atoms with Crippen molar-refractivity contribution < 1.29 is 4.68 Å². The summed E-state index contributed by atoms with van der Waals surface area (Å²) in [4.78, 5) is 11.6. The molecule has 0 fully saturated rings. The summed E-state index contributed by atoms with van der Waals surface area (Å²) in [6, 6.07) is 10.1. The topological polar surface area (TPSA) is 58.3 Å². The van der Waals surface area contributed by atoms with E-state index in [0.717, 1.165) is 27.6 Å².